The minimum Gasteiger partial charge on any atom is -0.397 e. The van der Waals surface area contributed by atoms with E-state index >= 15 is 0 Å². The van der Waals surface area contributed by atoms with E-state index in [4.69, 9.17) is 16.5 Å². The molecule has 0 fully saturated rings. The van der Waals surface area contributed by atoms with E-state index in [9.17, 15) is 9.59 Å². The van der Waals surface area contributed by atoms with Crippen molar-refractivity contribution in [1.29, 1.82) is 0 Å². The Balaban J connectivity index is 1.40. The molecule has 2 aliphatic carbocycles. The van der Waals surface area contributed by atoms with Crippen molar-refractivity contribution in [2.45, 2.75) is 38.5 Å². The molecule has 6 rings (SSSR count). The summed E-state index contributed by atoms with van der Waals surface area (Å²) < 4.78 is 0. The Hall–Kier alpha value is -3.23. The van der Waals surface area contributed by atoms with Gasteiger partial charge >= 0.3 is 0 Å². The number of anilines is 2. The normalized spacial score (nSPS) is 14.4. The number of rotatable bonds is 3. The maximum Gasteiger partial charge on any atom is 0.268 e. The van der Waals surface area contributed by atoms with Gasteiger partial charge in [0.25, 0.3) is 11.8 Å². The zero-order chi connectivity index (χ0) is 22.7. The van der Waals surface area contributed by atoms with E-state index in [1.807, 2.05) is 12.1 Å². The molecule has 0 saturated heterocycles. The Bertz CT molecular complexity index is 1470. The number of carbonyl (C=O) groups is 2. The summed E-state index contributed by atoms with van der Waals surface area (Å²) in [4.78, 5) is 32.7. The number of carbonyl (C=O) groups excluding carboxylic acids is 2. The maximum atomic E-state index is 13.3. The van der Waals surface area contributed by atoms with Gasteiger partial charge < -0.3 is 16.8 Å². The highest BCUT2D eigenvalue weighted by atomic mass is 32.1. The van der Waals surface area contributed by atoms with Gasteiger partial charge in [-0.1, -0.05) is 24.3 Å². The lowest BCUT2D eigenvalue weighted by Crippen LogP contribution is -2.18. The number of pyridine rings is 1. The van der Waals surface area contributed by atoms with Crippen LogP contribution in [0.25, 0.3) is 20.7 Å². The van der Waals surface area contributed by atoms with Gasteiger partial charge in [-0.3, -0.25) is 9.59 Å². The molecule has 0 saturated carbocycles. The molecule has 4 aromatic rings. The summed E-state index contributed by atoms with van der Waals surface area (Å²) in [6, 6.07) is 10.3. The quantitative estimate of drug-likeness (QED) is 0.391. The summed E-state index contributed by atoms with van der Waals surface area (Å²) in [5.41, 5.74) is 18.6. The second kappa shape index (κ2) is 7.67. The average Bonchev–Trinajstić information content (AvgIpc) is 3.35. The Morgan fingerprint density at radius 3 is 2.67 bits per heavy atom. The van der Waals surface area contributed by atoms with Crippen molar-refractivity contribution in [3.63, 3.8) is 0 Å². The molecule has 0 unspecified atom stereocenters. The van der Waals surface area contributed by atoms with Crippen LogP contribution in [0.15, 0.2) is 30.3 Å². The number of hydrogen-bond donors (Lipinski definition) is 3. The first kappa shape index (κ1) is 20.4. The summed E-state index contributed by atoms with van der Waals surface area (Å²) in [5.74, 6) is -0.858. The fraction of sp³-hybridized carbons (Fsp3) is 0.240. The summed E-state index contributed by atoms with van der Waals surface area (Å²) in [6.07, 6.45) is 5.82. The van der Waals surface area contributed by atoms with Crippen LogP contribution in [0, 0.1) is 0 Å². The third-order valence-electron chi connectivity index (χ3n) is 6.59. The molecule has 1 aromatic carbocycles. The van der Waals surface area contributed by atoms with Crippen molar-refractivity contribution < 1.29 is 9.59 Å². The van der Waals surface area contributed by atoms with Gasteiger partial charge in [0.05, 0.1) is 11.3 Å². The van der Waals surface area contributed by atoms with E-state index in [-0.39, 0.29) is 5.91 Å². The van der Waals surface area contributed by atoms with Crippen molar-refractivity contribution in [1.82, 2.24) is 4.98 Å². The molecule has 2 amide bonds. The number of thiophene rings is 2. The first-order chi connectivity index (χ1) is 16.0. The van der Waals surface area contributed by atoms with Crippen molar-refractivity contribution in [2.75, 3.05) is 11.1 Å². The molecule has 3 heterocycles. The van der Waals surface area contributed by atoms with Gasteiger partial charge in [0, 0.05) is 16.0 Å². The zero-order valence-corrected chi connectivity index (χ0v) is 19.5. The molecular weight excluding hydrogens is 452 g/mol. The van der Waals surface area contributed by atoms with Crippen LogP contribution >= 0.6 is 22.7 Å². The number of benzene rings is 1. The van der Waals surface area contributed by atoms with Gasteiger partial charge in [-0.15, -0.1) is 22.7 Å². The van der Waals surface area contributed by atoms with Crippen molar-refractivity contribution in [3.05, 3.63) is 63.2 Å². The van der Waals surface area contributed by atoms with E-state index in [2.05, 4.69) is 23.5 Å². The molecule has 0 atom stereocenters. The Morgan fingerprint density at radius 1 is 1.00 bits per heavy atom. The van der Waals surface area contributed by atoms with E-state index in [0.717, 1.165) is 70.4 Å². The van der Waals surface area contributed by atoms with Gasteiger partial charge in [0.15, 0.2) is 0 Å². The fourth-order valence-corrected chi connectivity index (χ4v) is 7.28. The first-order valence-electron chi connectivity index (χ1n) is 11.1. The van der Waals surface area contributed by atoms with Crippen LogP contribution in [-0.4, -0.2) is 16.8 Å². The SMILES string of the molecule is NC(=O)c1c(NC(=O)c2sc3nc4c(cc3c2N)CCCC4)sc2c1CCc1ccccc1-2. The van der Waals surface area contributed by atoms with Gasteiger partial charge in [0.2, 0.25) is 0 Å². The predicted octanol–water partition coefficient (Wildman–Crippen LogP) is 4.94. The minimum atomic E-state index is -0.527. The zero-order valence-electron chi connectivity index (χ0n) is 17.9. The average molecular weight is 475 g/mol. The second-order valence-corrected chi connectivity index (χ2v) is 10.6. The molecule has 33 heavy (non-hydrogen) atoms. The molecule has 5 N–H and O–H groups in total. The lowest BCUT2D eigenvalue weighted by Gasteiger charge is -2.16. The van der Waals surface area contributed by atoms with Gasteiger partial charge in [-0.25, -0.2) is 4.98 Å². The Morgan fingerprint density at radius 2 is 1.82 bits per heavy atom. The highest BCUT2D eigenvalue weighted by molar-refractivity contribution is 7.22. The number of aromatic nitrogens is 1. The lowest BCUT2D eigenvalue weighted by molar-refractivity contribution is 0.100. The number of primary amides is 1. The third kappa shape index (κ3) is 3.24. The highest BCUT2D eigenvalue weighted by Crippen LogP contribution is 2.45. The third-order valence-corrected chi connectivity index (χ3v) is 8.89. The molecule has 166 valence electrons. The molecule has 0 bridgehead atoms. The summed E-state index contributed by atoms with van der Waals surface area (Å²) in [6.45, 7) is 0. The largest absolute Gasteiger partial charge is 0.397 e. The second-order valence-electron chi connectivity index (χ2n) is 8.59. The van der Waals surface area contributed by atoms with Crippen molar-refractivity contribution >= 4 is 55.4 Å². The predicted molar refractivity (Wildman–Crippen MR) is 134 cm³/mol. The van der Waals surface area contributed by atoms with Gasteiger partial charge in [-0.05, 0) is 66.8 Å². The number of nitrogens with one attached hydrogen (secondary N) is 1. The van der Waals surface area contributed by atoms with Gasteiger partial charge in [-0.2, -0.15) is 0 Å². The number of fused-ring (bicyclic) bond motifs is 5. The van der Waals surface area contributed by atoms with Crippen LogP contribution < -0.4 is 16.8 Å². The van der Waals surface area contributed by atoms with Crippen molar-refractivity contribution in [3.8, 4) is 10.4 Å². The molecule has 0 spiro atoms. The minimum absolute atomic E-state index is 0.331. The Labute approximate surface area is 198 Å². The van der Waals surface area contributed by atoms with E-state index in [1.54, 1.807) is 0 Å². The van der Waals surface area contributed by atoms with Crippen LogP contribution in [0.2, 0.25) is 0 Å². The van der Waals surface area contributed by atoms with Crippen molar-refractivity contribution in [2.24, 2.45) is 5.73 Å². The molecule has 8 heteroatoms. The number of hydrogen-bond acceptors (Lipinski definition) is 6. The number of nitrogens with two attached hydrogens (primary N) is 2. The topological polar surface area (TPSA) is 111 Å². The number of nitrogens with zero attached hydrogens (tertiary/aromatic N) is 1. The lowest BCUT2D eigenvalue weighted by atomic mass is 9.89. The number of amides is 2. The van der Waals surface area contributed by atoms with Crippen LogP contribution in [-0.2, 0) is 25.7 Å². The monoisotopic (exact) mass is 474 g/mol. The summed E-state index contributed by atoms with van der Waals surface area (Å²) >= 11 is 2.71. The van der Waals surface area contributed by atoms with Crippen LogP contribution in [0.3, 0.4) is 0 Å². The molecule has 0 aliphatic heterocycles. The first-order valence-corrected chi connectivity index (χ1v) is 12.7. The number of aryl methyl sites for hydroxylation is 3. The standard InChI is InChI=1S/C25H22N4O2S2/c26-19-16-11-13-6-2-4-8-17(13)28-24(16)33-21(19)23(31)29-25-18(22(27)30)15-10-9-12-5-1-3-7-14(12)20(15)32-25/h1,3,5,7,11H,2,4,6,8-10,26H2,(H2,27,30)(H,29,31). The summed E-state index contributed by atoms with van der Waals surface area (Å²) in [5, 5.41) is 4.27. The van der Waals surface area contributed by atoms with E-state index in [1.165, 1.54) is 33.8 Å². The van der Waals surface area contributed by atoms with E-state index in [0.29, 0.717) is 21.1 Å². The van der Waals surface area contributed by atoms with Crippen LogP contribution in [0.5, 0.6) is 0 Å². The fourth-order valence-electron chi connectivity index (χ4n) is 4.98. The molecule has 3 aromatic heterocycles. The molecular formula is C25H22N4O2S2. The smallest absolute Gasteiger partial charge is 0.268 e. The van der Waals surface area contributed by atoms with E-state index < -0.39 is 5.91 Å². The van der Waals surface area contributed by atoms with Gasteiger partial charge in [0.1, 0.15) is 14.7 Å². The van der Waals surface area contributed by atoms with Crippen LogP contribution in [0.4, 0.5) is 10.7 Å². The summed E-state index contributed by atoms with van der Waals surface area (Å²) in [7, 11) is 0. The molecule has 0 radical (unpaired) electrons. The highest BCUT2D eigenvalue weighted by Gasteiger charge is 2.29. The Kier molecular flexibility index (Phi) is 4.74. The maximum absolute atomic E-state index is 13.3. The molecule has 2 aliphatic rings. The molecule has 6 nitrogen and oxygen atoms in total. The number of nitrogen functional groups attached to an aromatic ring is 1. The van der Waals surface area contributed by atoms with Crippen LogP contribution in [0.1, 0.15) is 55.3 Å².